The highest BCUT2D eigenvalue weighted by molar-refractivity contribution is 5.80. The van der Waals surface area contributed by atoms with Gasteiger partial charge in [-0.25, -0.2) is 14.1 Å². The molecule has 0 saturated carbocycles. The predicted molar refractivity (Wildman–Crippen MR) is 73.5 cm³/mol. The maximum Gasteiger partial charge on any atom is 0.207 e. The van der Waals surface area contributed by atoms with E-state index in [-0.39, 0.29) is 5.75 Å². The quantitative estimate of drug-likeness (QED) is 0.774. The topological polar surface area (TPSA) is 70.9 Å². The van der Waals surface area contributed by atoms with Crippen molar-refractivity contribution in [3.63, 3.8) is 0 Å². The van der Waals surface area contributed by atoms with E-state index in [1.807, 2.05) is 6.92 Å². The molecule has 2 aromatic heterocycles. The fourth-order valence-corrected chi connectivity index (χ4v) is 2.34. The highest BCUT2D eigenvalue weighted by atomic mass is 19.1. The number of fused-ring (bicyclic) bond motifs is 1. The van der Waals surface area contributed by atoms with Crippen LogP contribution in [0.5, 0.6) is 5.75 Å². The lowest BCUT2D eigenvalue weighted by Crippen LogP contribution is -2.05. The lowest BCUT2D eigenvalue weighted by atomic mass is 10.3. The fraction of sp³-hybridized carbons (Fsp3) is 0.231. The third-order valence-electron chi connectivity index (χ3n) is 3.22. The molecule has 0 fully saturated rings. The lowest BCUT2D eigenvalue weighted by Gasteiger charge is -2.09. The number of aryl methyl sites for hydroxylation is 2. The molecule has 0 spiro atoms. The molecule has 7 heteroatoms. The second kappa shape index (κ2) is 4.22. The van der Waals surface area contributed by atoms with Crippen LogP contribution in [0.3, 0.4) is 0 Å². The lowest BCUT2D eigenvalue weighted by molar-refractivity contribution is 0.386. The number of nitrogen functional groups attached to an aromatic ring is 1. The van der Waals surface area contributed by atoms with Gasteiger partial charge in [0, 0.05) is 13.1 Å². The minimum atomic E-state index is -0.454. The van der Waals surface area contributed by atoms with Crippen molar-refractivity contribution in [2.45, 2.75) is 6.92 Å². The molecule has 0 bridgehead atoms. The monoisotopic (exact) mass is 275 g/mol. The molecule has 3 aromatic rings. The van der Waals surface area contributed by atoms with Crippen molar-refractivity contribution in [1.82, 2.24) is 19.3 Å². The number of ether oxygens (including phenoxy) is 1. The SMILES string of the molecule is COc1ccc(-n2c(N)nc3c(C)nn(C)c32)cc1F. The molecular formula is C13H14FN5O. The van der Waals surface area contributed by atoms with Gasteiger partial charge < -0.3 is 10.5 Å². The number of nitrogens with zero attached hydrogens (tertiary/aromatic N) is 4. The molecule has 2 N–H and O–H groups in total. The van der Waals surface area contributed by atoms with Gasteiger partial charge in [-0.1, -0.05) is 0 Å². The molecule has 20 heavy (non-hydrogen) atoms. The van der Waals surface area contributed by atoms with Gasteiger partial charge in [0.15, 0.2) is 17.2 Å². The second-order valence-corrected chi connectivity index (χ2v) is 4.51. The van der Waals surface area contributed by atoms with Crippen molar-refractivity contribution in [2.75, 3.05) is 12.8 Å². The molecule has 0 aliphatic rings. The molecule has 0 atom stereocenters. The number of hydrogen-bond donors (Lipinski definition) is 1. The maximum absolute atomic E-state index is 13.9. The predicted octanol–water partition coefficient (Wildman–Crippen LogP) is 1.80. The number of anilines is 1. The largest absolute Gasteiger partial charge is 0.494 e. The van der Waals surface area contributed by atoms with Crippen LogP contribution in [-0.2, 0) is 7.05 Å². The average Bonchev–Trinajstić information content (AvgIpc) is 2.88. The molecular weight excluding hydrogens is 261 g/mol. The Labute approximate surface area is 114 Å². The van der Waals surface area contributed by atoms with Crippen LogP contribution in [-0.4, -0.2) is 26.4 Å². The van der Waals surface area contributed by atoms with E-state index in [1.54, 1.807) is 28.4 Å². The third-order valence-corrected chi connectivity index (χ3v) is 3.22. The van der Waals surface area contributed by atoms with Crippen LogP contribution in [0, 0.1) is 12.7 Å². The molecule has 0 radical (unpaired) electrons. The summed E-state index contributed by atoms with van der Waals surface area (Å²) in [5.41, 5.74) is 8.74. The number of nitrogens with two attached hydrogens (primary N) is 1. The summed E-state index contributed by atoms with van der Waals surface area (Å²) < 4.78 is 22.1. The average molecular weight is 275 g/mol. The molecule has 2 heterocycles. The van der Waals surface area contributed by atoms with Crippen LogP contribution < -0.4 is 10.5 Å². The minimum Gasteiger partial charge on any atom is -0.494 e. The van der Waals surface area contributed by atoms with E-state index in [0.29, 0.717) is 17.2 Å². The van der Waals surface area contributed by atoms with Gasteiger partial charge in [-0.3, -0.25) is 4.57 Å². The van der Waals surface area contributed by atoms with Gasteiger partial charge in [-0.05, 0) is 19.1 Å². The fourth-order valence-electron chi connectivity index (χ4n) is 2.34. The van der Waals surface area contributed by atoms with Gasteiger partial charge in [-0.15, -0.1) is 0 Å². The van der Waals surface area contributed by atoms with Gasteiger partial charge in [0.1, 0.15) is 5.52 Å². The van der Waals surface area contributed by atoms with Crippen molar-refractivity contribution >= 4 is 17.1 Å². The number of rotatable bonds is 2. The van der Waals surface area contributed by atoms with E-state index >= 15 is 0 Å². The van der Waals surface area contributed by atoms with E-state index in [2.05, 4.69) is 10.1 Å². The summed E-state index contributed by atoms with van der Waals surface area (Å²) in [4.78, 5) is 4.29. The van der Waals surface area contributed by atoms with Crippen molar-refractivity contribution in [3.8, 4) is 11.4 Å². The van der Waals surface area contributed by atoms with Gasteiger partial charge in [0.05, 0.1) is 18.5 Å². The Morgan fingerprint density at radius 1 is 1.35 bits per heavy atom. The van der Waals surface area contributed by atoms with Crippen molar-refractivity contribution < 1.29 is 9.13 Å². The summed E-state index contributed by atoms with van der Waals surface area (Å²) in [6.45, 7) is 1.85. The Bertz CT molecular complexity index is 805. The Balaban J connectivity index is 2.29. The van der Waals surface area contributed by atoms with Crippen LogP contribution in [0.15, 0.2) is 18.2 Å². The summed E-state index contributed by atoms with van der Waals surface area (Å²) in [5, 5.41) is 4.29. The first-order valence-electron chi connectivity index (χ1n) is 6.04. The van der Waals surface area contributed by atoms with Gasteiger partial charge in [0.2, 0.25) is 5.95 Å². The normalized spacial score (nSPS) is 11.2. The third kappa shape index (κ3) is 1.63. The number of imidazole rings is 1. The first-order chi connectivity index (χ1) is 9.52. The standard InChI is InChI=1S/C13H14FN5O/c1-7-11-12(18(2)17-7)19(13(15)16-11)8-4-5-10(20-3)9(14)6-8/h4-6H,1-3H3,(H2,15,16). The second-order valence-electron chi connectivity index (χ2n) is 4.51. The Kier molecular flexibility index (Phi) is 2.63. The molecule has 1 aromatic carbocycles. The number of benzene rings is 1. The van der Waals surface area contributed by atoms with Gasteiger partial charge in [0.25, 0.3) is 0 Å². The summed E-state index contributed by atoms with van der Waals surface area (Å²) in [5.74, 6) is 0.0238. The highest BCUT2D eigenvalue weighted by Crippen LogP contribution is 2.27. The van der Waals surface area contributed by atoms with E-state index in [1.165, 1.54) is 13.2 Å². The van der Waals surface area contributed by atoms with Crippen LogP contribution in [0.25, 0.3) is 16.9 Å². The Morgan fingerprint density at radius 2 is 2.10 bits per heavy atom. The zero-order valence-corrected chi connectivity index (χ0v) is 11.4. The summed E-state index contributed by atoms with van der Waals surface area (Å²) in [6, 6.07) is 4.64. The zero-order valence-electron chi connectivity index (χ0n) is 11.4. The van der Waals surface area contributed by atoms with Crippen molar-refractivity contribution in [1.29, 1.82) is 0 Å². The molecule has 0 saturated heterocycles. The maximum atomic E-state index is 13.9. The molecule has 0 amide bonds. The number of methoxy groups -OCH3 is 1. The number of halogens is 1. The molecule has 104 valence electrons. The minimum absolute atomic E-state index is 0.185. The first kappa shape index (κ1) is 12.5. The van der Waals surface area contributed by atoms with Crippen LogP contribution >= 0.6 is 0 Å². The van der Waals surface area contributed by atoms with Gasteiger partial charge in [-0.2, -0.15) is 5.10 Å². The summed E-state index contributed by atoms with van der Waals surface area (Å²) in [6.07, 6.45) is 0. The van der Waals surface area contributed by atoms with Gasteiger partial charge >= 0.3 is 0 Å². The first-order valence-corrected chi connectivity index (χ1v) is 6.04. The molecule has 0 aliphatic heterocycles. The van der Waals surface area contributed by atoms with Crippen LogP contribution in [0.2, 0.25) is 0 Å². The van der Waals surface area contributed by atoms with E-state index in [4.69, 9.17) is 10.5 Å². The smallest absolute Gasteiger partial charge is 0.207 e. The molecule has 6 nitrogen and oxygen atoms in total. The van der Waals surface area contributed by atoms with E-state index in [0.717, 1.165) is 11.3 Å². The Hall–Kier alpha value is -2.57. The van der Waals surface area contributed by atoms with E-state index < -0.39 is 5.82 Å². The van der Waals surface area contributed by atoms with Crippen molar-refractivity contribution in [2.24, 2.45) is 7.05 Å². The Morgan fingerprint density at radius 3 is 2.75 bits per heavy atom. The molecule has 0 aliphatic carbocycles. The number of hydrogen-bond acceptors (Lipinski definition) is 4. The summed E-state index contributed by atoms with van der Waals surface area (Å²) >= 11 is 0. The number of aromatic nitrogens is 4. The van der Waals surface area contributed by atoms with Crippen molar-refractivity contribution in [3.05, 3.63) is 29.7 Å². The van der Waals surface area contributed by atoms with Crippen LogP contribution in [0.4, 0.5) is 10.3 Å². The molecule has 3 rings (SSSR count). The van der Waals surface area contributed by atoms with Crippen LogP contribution in [0.1, 0.15) is 5.69 Å². The zero-order chi connectivity index (χ0) is 14.4. The van der Waals surface area contributed by atoms with E-state index in [9.17, 15) is 4.39 Å². The molecule has 0 unspecified atom stereocenters. The summed E-state index contributed by atoms with van der Waals surface area (Å²) in [7, 11) is 3.22. The highest BCUT2D eigenvalue weighted by Gasteiger charge is 2.17.